The minimum Gasteiger partial charge on any atom is -0.353 e. The summed E-state index contributed by atoms with van der Waals surface area (Å²) >= 11 is 0. The molecule has 2 aromatic heterocycles. The molecule has 3 heterocycles. The molecule has 0 radical (unpaired) electrons. The summed E-state index contributed by atoms with van der Waals surface area (Å²) in [6.07, 6.45) is 5.35. The third-order valence-corrected chi connectivity index (χ3v) is 4.11. The van der Waals surface area contributed by atoms with Crippen molar-refractivity contribution in [3.63, 3.8) is 0 Å². The molecule has 126 valence electrons. The highest BCUT2D eigenvalue weighted by atomic mass is 15.3. The molecule has 3 aromatic rings. The molecule has 1 aromatic carbocycles. The van der Waals surface area contributed by atoms with Crippen LogP contribution in [-0.2, 0) is 0 Å². The summed E-state index contributed by atoms with van der Waals surface area (Å²) in [6, 6.07) is 13.7. The van der Waals surface area contributed by atoms with Crippen LogP contribution in [0.2, 0.25) is 0 Å². The van der Waals surface area contributed by atoms with E-state index in [0.717, 1.165) is 43.6 Å². The van der Waals surface area contributed by atoms with Crippen molar-refractivity contribution < 1.29 is 0 Å². The van der Waals surface area contributed by atoms with Gasteiger partial charge in [-0.15, -0.1) is 0 Å². The summed E-state index contributed by atoms with van der Waals surface area (Å²) in [5.74, 6) is 2.33. The van der Waals surface area contributed by atoms with Crippen molar-refractivity contribution in [2.24, 2.45) is 0 Å². The van der Waals surface area contributed by atoms with Crippen LogP contribution in [-0.4, -0.2) is 46.1 Å². The highest BCUT2D eigenvalue weighted by Crippen LogP contribution is 2.18. The molecule has 7 nitrogen and oxygen atoms in total. The maximum absolute atomic E-state index is 4.64. The Bertz CT molecular complexity index is 802. The largest absolute Gasteiger partial charge is 0.353 e. The minimum absolute atomic E-state index is 0.609. The van der Waals surface area contributed by atoms with Crippen LogP contribution in [0.5, 0.6) is 0 Å². The average molecular weight is 333 g/mol. The third-order valence-electron chi connectivity index (χ3n) is 4.11. The number of anilines is 4. The van der Waals surface area contributed by atoms with Crippen LogP contribution in [0.15, 0.2) is 61.1 Å². The van der Waals surface area contributed by atoms with Crippen LogP contribution in [0.4, 0.5) is 23.4 Å². The van der Waals surface area contributed by atoms with E-state index in [9.17, 15) is 0 Å². The lowest BCUT2D eigenvalue weighted by Crippen LogP contribution is -2.47. The first kappa shape index (κ1) is 15.3. The molecule has 1 aliphatic rings. The van der Waals surface area contributed by atoms with Crippen molar-refractivity contribution in [2.45, 2.75) is 0 Å². The first-order valence-corrected chi connectivity index (χ1v) is 8.30. The van der Waals surface area contributed by atoms with Crippen molar-refractivity contribution in [3.8, 4) is 0 Å². The summed E-state index contributed by atoms with van der Waals surface area (Å²) < 4.78 is 0. The molecule has 0 amide bonds. The summed E-state index contributed by atoms with van der Waals surface area (Å²) in [6.45, 7) is 3.49. The molecule has 1 aliphatic heterocycles. The average Bonchev–Trinajstić information content (AvgIpc) is 2.70. The molecule has 1 saturated heterocycles. The van der Waals surface area contributed by atoms with Gasteiger partial charge >= 0.3 is 0 Å². The Balaban J connectivity index is 1.42. The SMILES string of the molecule is c1ccc(Nc2nccc(N3CCN(c4ncccn4)CC3)n2)cc1. The second-order valence-electron chi connectivity index (χ2n) is 5.75. The number of hydrogen-bond acceptors (Lipinski definition) is 7. The zero-order valence-corrected chi connectivity index (χ0v) is 13.8. The molecule has 1 fully saturated rings. The standard InChI is InChI=1S/C18H19N7/c1-2-5-15(6-3-1)22-17-19-10-7-16(23-17)24-11-13-25(14-12-24)18-20-8-4-9-21-18/h1-10H,11-14H2,(H,19,22,23). The summed E-state index contributed by atoms with van der Waals surface area (Å²) in [7, 11) is 0. The van der Waals surface area contributed by atoms with Gasteiger partial charge in [-0.3, -0.25) is 0 Å². The summed E-state index contributed by atoms with van der Waals surface area (Å²) in [5, 5.41) is 3.24. The Labute approximate surface area is 146 Å². The highest BCUT2D eigenvalue weighted by Gasteiger charge is 2.20. The highest BCUT2D eigenvalue weighted by molar-refractivity contribution is 5.55. The van der Waals surface area contributed by atoms with Gasteiger partial charge in [-0.05, 0) is 24.3 Å². The normalized spacial score (nSPS) is 14.4. The van der Waals surface area contributed by atoms with Gasteiger partial charge in [-0.1, -0.05) is 18.2 Å². The molecule has 7 heteroatoms. The van der Waals surface area contributed by atoms with Crippen molar-refractivity contribution in [1.82, 2.24) is 19.9 Å². The Morgan fingerprint density at radius 2 is 1.44 bits per heavy atom. The Hall–Kier alpha value is -3.22. The Morgan fingerprint density at radius 3 is 2.20 bits per heavy atom. The molecule has 4 rings (SSSR count). The Morgan fingerprint density at radius 1 is 0.720 bits per heavy atom. The van der Waals surface area contributed by atoms with E-state index >= 15 is 0 Å². The molecule has 0 atom stereocenters. The smallest absolute Gasteiger partial charge is 0.229 e. The van der Waals surface area contributed by atoms with E-state index in [0.29, 0.717) is 5.95 Å². The number of hydrogen-bond donors (Lipinski definition) is 1. The molecule has 0 saturated carbocycles. The number of piperazine rings is 1. The third kappa shape index (κ3) is 3.65. The lowest BCUT2D eigenvalue weighted by molar-refractivity contribution is 0.634. The van der Waals surface area contributed by atoms with Gasteiger partial charge in [0.15, 0.2) is 0 Å². The second-order valence-corrected chi connectivity index (χ2v) is 5.75. The molecule has 0 bridgehead atoms. The quantitative estimate of drug-likeness (QED) is 0.786. The number of benzene rings is 1. The van der Waals surface area contributed by atoms with Gasteiger partial charge < -0.3 is 15.1 Å². The molecular weight excluding hydrogens is 314 g/mol. The predicted molar refractivity (Wildman–Crippen MR) is 98.2 cm³/mol. The van der Waals surface area contributed by atoms with E-state index < -0.39 is 0 Å². The number of nitrogens with zero attached hydrogens (tertiary/aromatic N) is 6. The van der Waals surface area contributed by atoms with E-state index in [1.165, 1.54) is 0 Å². The van der Waals surface area contributed by atoms with Gasteiger partial charge in [0.25, 0.3) is 0 Å². The first-order valence-electron chi connectivity index (χ1n) is 8.30. The van der Waals surface area contributed by atoms with Crippen molar-refractivity contribution in [1.29, 1.82) is 0 Å². The number of nitrogens with one attached hydrogen (secondary N) is 1. The summed E-state index contributed by atoms with van der Waals surface area (Å²) in [4.78, 5) is 22.1. The number of aromatic nitrogens is 4. The van der Waals surface area contributed by atoms with Crippen LogP contribution in [0.1, 0.15) is 0 Å². The first-order chi connectivity index (χ1) is 12.4. The van der Waals surface area contributed by atoms with Crippen molar-refractivity contribution in [2.75, 3.05) is 41.3 Å². The molecule has 25 heavy (non-hydrogen) atoms. The number of para-hydroxylation sites is 1. The topological polar surface area (TPSA) is 70.1 Å². The maximum Gasteiger partial charge on any atom is 0.229 e. The summed E-state index contributed by atoms with van der Waals surface area (Å²) in [5.41, 5.74) is 0.977. The van der Waals surface area contributed by atoms with E-state index in [-0.39, 0.29) is 0 Å². The maximum atomic E-state index is 4.64. The Kier molecular flexibility index (Phi) is 4.37. The van der Waals surface area contributed by atoms with Gasteiger partial charge in [0, 0.05) is 50.5 Å². The van der Waals surface area contributed by atoms with Crippen molar-refractivity contribution >= 4 is 23.4 Å². The zero-order chi connectivity index (χ0) is 16.9. The van der Waals surface area contributed by atoms with Gasteiger partial charge in [0.2, 0.25) is 11.9 Å². The fraction of sp³-hybridized carbons (Fsp3) is 0.222. The molecule has 0 unspecified atom stereocenters. The van der Waals surface area contributed by atoms with Crippen LogP contribution < -0.4 is 15.1 Å². The molecule has 0 aliphatic carbocycles. The van der Waals surface area contributed by atoms with Crippen LogP contribution in [0, 0.1) is 0 Å². The van der Waals surface area contributed by atoms with Crippen LogP contribution in [0.25, 0.3) is 0 Å². The van der Waals surface area contributed by atoms with Crippen LogP contribution >= 0.6 is 0 Å². The lowest BCUT2D eigenvalue weighted by atomic mass is 10.3. The van der Waals surface area contributed by atoms with Gasteiger partial charge in [0.05, 0.1) is 0 Å². The molecular formula is C18H19N7. The van der Waals surface area contributed by atoms with Gasteiger partial charge in [0.1, 0.15) is 5.82 Å². The van der Waals surface area contributed by atoms with Crippen molar-refractivity contribution in [3.05, 3.63) is 61.1 Å². The minimum atomic E-state index is 0.609. The van der Waals surface area contributed by atoms with E-state index in [2.05, 4.69) is 35.1 Å². The van der Waals surface area contributed by atoms with Gasteiger partial charge in [-0.2, -0.15) is 4.98 Å². The van der Waals surface area contributed by atoms with E-state index in [4.69, 9.17) is 0 Å². The second kappa shape index (κ2) is 7.12. The van der Waals surface area contributed by atoms with E-state index in [1.54, 1.807) is 18.6 Å². The number of rotatable bonds is 4. The van der Waals surface area contributed by atoms with Gasteiger partial charge in [-0.25, -0.2) is 15.0 Å². The molecule has 0 spiro atoms. The molecule has 1 N–H and O–H groups in total. The lowest BCUT2D eigenvalue weighted by Gasteiger charge is -2.35. The zero-order valence-electron chi connectivity index (χ0n) is 13.8. The predicted octanol–water partition coefficient (Wildman–Crippen LogP) is 2.34. The fourth-order valence-electron chi connectivity index (χ4n) is 2.83. The van der Waals surface area contributed by atoms with Crippen LogP contribution in [0.3, 0.4) is 0 Å². The monoisotopic (exact) mass is 333 g/mol. The van der Waals surface area contributed by atoms with E-state index in [1.807, 2.05) is 42.5 Å². The fourth-order valence-corrected chi connectivity index (χ4v) is 2.83.